The molecule has 7 nitrogen and oxygen atoms in total. The number of aromatic amines is 1. The summed E-state index contributed by atoms with van der Waals surface area (Å²) in [5, 5.41) is 0. The van der Waals surface area contributed by atoms with Gasteiger partial charge in [-0.2, -0.15) is 13.2 Å². The normalized spacial score (nSPS) is 21.2. The van der Waals surface area contributed by atoms with Gasteiger partial charge >= 0.3 is 6.18 Å². The van der Waals surface area contributed by atoms with Crippen LogP contribution in [-0.2, 0) is 22.6 Å². The minimum absolute atomic E-state index is 0.0746. The van der Waals surface area contributed by atoms with Gasteiger partial charge in [0.2, 0.25) is 11.8 Å². The molecule has 0 saturated carbocycles. The summed E-state index contributed by atoms with van der Waals surface area (Å²) in [6.45, 7) is -1.11. The Balaban J connectivity index is 1.69. The molecule has 0 spiro atoms. The number of hydrogen-bond donors (Lipinski definition) is 1. The van der Waals surface area contributed by atoms with Crippen LogP contribution in [0.15, 0.2) is 11.1 Å². The number of piperidine rings is 1. The van der Waals surface area contributed by atoms with Gasteiger partial charge in [0.25, 0.3) is 5.56 Å². The van der Waals surface area contributed by atoms with Gasteiger partial charge in [-0.3, -0.25) is 14.4 Å². The second kappa shape index (κ2) is 6.49. The van der Waals surface area contributed by atoms with E-state index < -0.39 is 24.5 Å². The Kier molecular flexibility index (Phi) is 4.53. The Morgan fingerprint density at radius 1 is 1.32 bits per heavy atom. The molecule has 1 atom stereocenters. The minimum Gasteiger partial charge on any atom is -0.336 e. The maximum atomic E-state index is 12.7. The van der Waals surface area contributed by atoms with Gasteiger partial charge in [-0.25, -0.2) is 4.98 Å². The van der Waals surface area contributed by atoms with Gasteiger partial charge in [0.05, 0.1) is 24.5 Å². The maximum Gasteiger partial charge on any atom is 0.406 e. The quantitative estimate of drug-likeness (QED) is 0.832. The van der Waals surface area contributed by atoms with Crippen LogP contribution in [0.3, 0.4) is 0 Å². The molecule has 3 rings (SSSR count). The Morgan fingerprint density at radius 2 is 2.08 bits per heavy atom. The molecular weight excluding hydrogens is 341 g/mol. The number of amides is 2. The Hall–Kier alpha value is -2.39. The van der Waals surface area contributed by atoms with E-state index in [2.05, 4.69) is 9.97 Å². The number of H-pyrrole nitrogens is 1. The number of likely N-dealkylation sites (tertiary alicyclic amines) is 1. The van der Waals surface area contributed by atoms with E-state index in [0.29, 0.717) is 29.1 Å². The third-order valence-electron chi connectivity index (χ3n) is 4.54. The fourth-order valence-electron chi connectivity index (χ4n) is 3.30. The topological polar surface area (TPSA) is 86.4 Å². The fourth-order valence-corrected chi connectivity index (χ4v) is 3.30. The van der Waals surface area contributed by atoms with Gasteiger partial charge in [-0.1, -0.05) is 0 Å². The van der Waals surface area contributed by atoms with E-state index in [1.54, 1.807) is 0 Å². The molecule has 2 aliphatic rings. The van der Waals surface area contributed by atoms with E-state index in [4.69, 9.17) is 0 Å². The molecule has 0 aromatic carbocycles. The van der Waals surface area contributed by atoms with E-state index in [1.807, 2.05) is 0 Å². The van der Waals surface area contributed by atoms with Crippen molar-refractivity contribution in [2.45, 2.75) is 32.0 Å². The lowest BCUT2D eigenvalue weighted by Gasteiger charge is -2.36. The van der Waals surface area contributed by atoms with Gasteiger partial charge < -0.3 is 14.8 Å². The molecule has 1 aromatic rings. The van der Waals surface area contributed by atoms with Crippen molar-refractivity contribution in [3.63, 3.8) is 0 Å². The summed E-state index contributed by atoms with van der Waals surface area (Å²) >= 11 is 0. The standard InChI is InChI=1S/C15H17F3N4O3/c16-15(17,18)7-22-5-9(1-2-12(22)23)14(25)21-4-3-10-11(6-21)19-8-20-13(10)24/h8-9H,1-7H2,(H,19,20,24). The number of nitrogens with zero attached hydrogens (tertiary/aromatic N) is 3. The molecule has 1 saturated heterocycles. The number of hydrogen-bond acceptors (Lipinski definition) is 4. The van der Waals surface area contributed by atoms with Crippen LogP contribution in [0.1, 0.15) is 24.1 Å². The number of aromatic nitrogens is 2. The van der Waals surface area contributed by atoms with Crippen molar-refractivity contribution in [3.05, 3.63) is 27.9 Å². The third-order valence-corrected chi connectivity index (χ3v) is 4.54. The molecule has 0 radical (unpaired) electrons. The summed E-state index contributed by atoms with van der Waals surface area (Å²) in [6, 6.07) is 0. The lowest BCUT2D eigenvalue weighted by Crippen LogP contribution is -2.50. The van der Waals surface area contributed by atoms with Crippen LogP contribution in [-0.4, -0.2) is 57.4 Å². The zero-order valence-corrected chi connectivity index (χ0v) is 13.3. The van der Waals surface area contributed by atoms with Crippen LogP contribution in [0, 0.1) is 5.92 Å². The number of fused-ring (bicyclic) bond motifs is 1. The smallest absolute Gasteiger partial charge is 0.336 e. The van der Waals surface area contributed by atoms with Crippen LogP contribution in [0.2, 0.25) is 0 Å². The summed E-state index contributed by atoms with van der Waals surface area (Å²) in [6.07, 6.45) is -2.72. The molecular formula is C15H17F3N4O3. The van der Waals surface area contributed by atoms with Crippen molar-refractivity contribution < 1.29 is 22.8 Å². The van der Waals surface area contributed by atoms with E-state index in [-0.39, 0.29) is 37.4 Å². The zero-order chi connectivity index (χ0) is 18.2. The maximum absolute atomic E-state index is 12.7. The Morgan fingerprint density at radius 3 is 2.80 bits per heavy atom. The van der Waals surface area contributed by atoms with Crippen LogP contribution in [0.5, 0.6) is 0 Å². The average Bonchev–Trinajstić information content (AvgIpc) is 2.55. The molecule has 25 heavy (non-hydrogen) atoms. The number of halogens is 3. The van der Waals surface area contributed by atoms with Crippen molar-refractivity contribution in [2.75, 3.05) is 19.6 Å². The Bertz CT molecular complexity index is 746. The molecule has 1 N–H and O–H groups in total. The van der Waals surface area contributed by atoms with Crippen molar-refractivity contribution in [2.24, 2.45) is 5.92 Å². The summed E-state index contributed by atoms with van der Waals surface area (Å²) in [5.74, 6) is -1.55. The number of alkyl halides is 3. The Labute approximate surface area is 140 Å². The largest absolute Gasteiger partial charge is 0.406 e. The second-order valence-electron chi connectivity index (χ2n) is 6.29. The zero-order valence-electron chi connectivity index (χ0n) is 13.3. The number of nitrogens with one attached hydrogen (secondary N) is 1. The molecule has 2 amide bonds. The third kappa shape index (κ3) is 3.83. The van der Waals surface area contributed by atoms with E-state index in [9.17, 15) is 27.6 Å². The van der Waals surface area contributed by atoms with Gasteiger partial charge in [-0.05, 0) is 12.8 Å². The van der Waals surface area contributed by atoms with Gasteiger partial charge in [0, 0.05) is 25.1 Å². The van der Waals surface area contributed by atoms with E-state index >= 15 is 0 Å². The molecule has 0 bridgehead atoms. The average molecular weight is 358 g/mol. The van der Waals surface area contributed by atoms with Gasteiger partial charge in [0.1, 0.15) is 6.54 Å². The van der Waals surface area contributed by atoms with Gasteiger partial charge in [-0.15, -0.1) is 0 Å². The molecule has 1 fully saturated rings. The van der Waals surface area contributed by atoms with Crippen molar-refractivity contribution >= 4 is 11.8 Å². The van der Waals surface area contributed by atoms with Crippen molar-refractivity contribution in [3.8, 4) is 0 Å². The first-order chi connectivity index (χ1) is 11.7. The predicted molar refractivity (Wildman–Crippen MR) is 79.3 cm³/mol. The lowest BCUT2D eigenvalue weighted by molar-refractivity contribution is -0.167. The number of carbonyl (C=O) groups is 2. The van der Waals surface area contributed by atoms with E-state index in [1.165, 1.54) is 11.2 Å². The molecule has 1 aromatic heterocycles. The first-order valence-electron chi connectivity index (χ1n) is 7.93. The predicted octanol–water partition coefficient (Wildman–Crippen LogP) is 0.455. The van der Waals surface area contributed by atoms with Crippen LogP contribution in [0.4, 0.5) is 13.2 Å². The summed E-state index contributed by atoms with van der Waals surface area (Å²) < 4.78 is 37.7. The number of rotatable bonds is 2. The highest BCUT2D eigenvalue weighted by Gasteiger charge is 2.39. The monoisotopic (exact) mass is 358 g/mol. The minimum atomic E-state index is -4.49. The highest BCUT2D eigenvalue weighted by molar-refractivity contribution is 5.84. The molecule has 2 aliphatic heterocycles. The van der Waals surface area contributed by atoms with Gasteiger partial charge in [0.15, 0.2) is 0 Å². The lowest BCUT2D eigenvalue weighted by atomic mass is 9.94. The second-order valence-corrected chi connectivity index (χ2v) is 6.29. The van der Waals surface area contributed by atoms with Crippen LogP contribution >= 0.6 is 0 Å². The van der Waals surface area contributed by atoms with Crippen molar-refractivity contribution in [1.82, 2.24) is 19.8 Å². The molecule has 0 aliphatic carbocycles. The molecule has 10 heteroatoms. The summed E-state index contributed by atoms with van der Waals surface area (Å²) in [7, 11) is 0. The molecule has 136 valence electrons. The highest BCUT2D eigenvalue weighted by atomic mass is 19.4. The fraction of sp³-hybridized carbons (Fsp3) is 0.600. The van der Waals surface area contributed by atoms with Crippen LogP contribution in [0.25, 0.3) is 0 Å². The molecule has 1 unspecified atom stereocenters. The SMILES string of the molecule is O=C1CCC(C(=O)N2CCc3c(nc[nH]c3=O)C2)CN1CC(F)(F)F. The van der Waals surface area contributed by atoms with E-state index in [0.717, 1.165) is 0 Å². The highest BCUT2D eigenvalue weighted by Crippen LogP contribution is 2.25. The first-order valence-corrected chi connectivity index (χ1v) is 7.93. The first kappa shape index (κ1) is 17.4. The summed E-state index contributed by atoms with van der Waals surface area (Å²) in [4.78, 5) is 44.8. The number of carbonyl (C=O) groups excluding carboxylic acids is 2. The van der Waals surface area contributed by atoms with Crippen molar-refractivity contribution in [1.29, 1.82) is 0 Å². The molecule has 3 heterocycles. The summed E-state index contributed by atoms with van der Waals surface area (Å²) in [5.41, 5.74) is 0.795. The van der Waals surface area contributed by atoms with Crippen LogP contribution < -0.4 is 5.56 Å².